The van der Waals surface area contributed by atoms with Crippen molar-refractivity contribution in [3.8, 4) is 0 Å². The van der Waals surface area contributed by atoms with E-state index in [-0.39, 0.29) is 30.7 Å². The number of carbonyl (C=O) groups is 1. The summed E-state index contributed by atoms with van der Waals surface area (Å²) >= 11 is 0. The molecule has 0 aliphatic rings. The number of hydrogen-bond acceptors (Lipinski definition) is 5. The zero-order chi connectivity index (χ0) is 14.0. The monoisotopic (exact) mass is 266 g/mol. The molecule has 1 aromatic heterocycles. The first-order valence-corrected chi connectivity index (χ1v) is 5.48. The molecule has 0 saturated carbocycles. The van der Waals surface area contributed by atoms with Crippen LogP contribution in [0.1, 0.15) is 12.8 Å². The van der Waals surface area contributed by atoms with E-state index < -0.39 is 16.6 Å². The van der Waals surface area contributed by atoms with Gasteiger partial charge in [0.15, 0.2) is 5.58 Å². The number of nitro benzene ring substituents is 1. The van der Waals surface area contributed by atoms with Crippen molar-refractivity contribution >= 4 is 22.8 Å². The molecule has 2 rings (SSSR count). The molecule has 0 bridgehead atoms. The van der Waals surface area contributed by atoms with Gasteiger partial charge >= 0.3 is 11.7 Å². The number of benzene rings is 1. The van der Waals surface area contributed by atoms with Crippen LogP contribution in [0.3, 0.4) is 0 Å². The van der Waals surface area contributed by atoms with Crippen LogP contribution in [0.5, 0.6) is 0 Å². The Bertz CT molecular complexity index is 699. The lowest BCUT2D eigenvalue weighted by Gasteiger charge is -1.99. The Balaban J connectivity index is 2.34. The van der Waals surface area contributed by atoms with Crippen LogP contribution in [0.25, 0.3) is 11.1 Å². The summed E-state index contributed by atoms with van der Waals surface area (Å²) in [5.74, 6) is -1.60. The molecular formula is C11H10N2O6. The van der Waals surface area contributed by atoms with Crippen molar-refractivity contribution in [2.24, 2.45) is 0 Å². The van der Waals surface area contributed by atoms with E-state index in [0.29, 0.717) is 5.52 Å². The average molecular weight is 266 g/mol. The second-order valence-electron chi connectivity index (χ2n) is 3.93. The molecule has 0 saturated heterocycles. The predicted octanol–water partition coefficient (Wildman–Crippen LogP) is 1.37. The molecule has 19 heavy (non-hydrogen) atoms. The molecule has 8 nitrogen and oxygen atoms in total. The fraction of sp³-hybridized carbons (Fsp3) is 0.273. The molecule has 0 unspecified atom stereocenters. The van der Waals surface area contributed by atoms with Crippen molar-refractivity contribution in [2.75, 3.05) is 0 Å². The summed E-state index contributed by atoms with van der Waals surface area (Å²) < 4.78 is 6.17. The third-order valence-corrected chi connectivity index (χ3v) is 2.64. The van der Waals surface area contributed by atoms with Gasteiger partial charge in [-0.2, -0.15) is 0 Å². The van der Waals surface area contributed by atoms with Crippen molar-refractivity contribution in [3.05, 3.63) is 38.9 Å². The van der Waals surface area contributed by atoms with E-state index in [0.717, 1.165) is 0 Å². The number of nitro groups is 1. The first-order chi connectivity index (χ1) is 8.99. The zero-order valence-corrected chi connectivity index (χ0v) is 9.74. The average Bonchev–Trinajstić information content (AvgIpc) is 2.64. The Morgan fingerprint density at radius 2 is 2.21 bits per heavy atom. The first kappa shape index (κ1) is 12.8. The van der Waals surface area contributed by atoms with Gasteiger partial charge in [0.1, 0.15) is 0 Å². The van der Waals surface area contributed by atoms with Gasteiger partial charge in [0.05, 0.1) is 16.5 Å². The third kappa shape index (κ3) is 2.62. The molecule has 0 aliphatic heterocycles. The highest BCUT2D eigenvalue weighted by molar-refractivity contribution is 5.75. The molecule has 0 amide bonds. The Morgan fingerprint density at radius 1 is 1.47 bits per heavy atom. The molecule has 100 valence electrons. The highest BCUT2D eigenvalue weighted by Crippen LogP contribution is 2.20. The molecule has 0 fully saturated rings. The highest BCUT2D eigenvalue weighted by Gasteiger charge is 2.13. The molecule has 0 atom stereocenters. The molecular weight excluding hydrogens is 256 g/mol. The SMILES string of the molecule is O=C(O)CCCn1c(=O)oc2cc([N+](=O)[O-])ccc21. The Labute approximate surface area is 106 Å². The minimum absolute atomic E-state index is 0.0634. The Morgan fingerprint density at radius 3 is 2.84 bits per heavy atom. The minimum Gasteiger partial charge on any atom is -0.481 e. The summed E-state index contributed by atoms with van der Waals surface area (Å²) in [6.07, 6.45) is 0.215. The number of oxazole rings is 1. The van der Waals surface area contributed by atoms with Crippen molar-refractivity contribution < 1.29 is 19.2 Å². The maximum Gasteiger partial charge on any atom is 0.419 e. The standard InChI is InChI=1S/C11H10N2O6/c14-10(15)2-1-5-12-8-4-3-7(13(17)18)6-9(8)19-11(12)16/h3-4,6H,1-2,5H2,(H,14,15). The molecule has 2 aromatic rings. The van der Waals surface area contributed by atoms with Crippen LogP contribution >= 0.6 is 0 Å². The largest absolute Gasteiger partial charge is 0.481 e. The number of hydrogen-bond donors (Lipinski definition) is 1. The van der Waals surface area contributed by atoms with Crippen LogP contribution in [0, 0.1) is 10.1 Å². The van der Waals surface area contributed by atoms with Crippen molar-refractivity contribution in [3.63, 3.8) is 0 Å². The summed E-state index contributed by atoms with van der Waals surface area (Å²) in [4.78, 5) is 32.0. The van der Waals surface area contributed by atoms with Crippen LogP contribution in [-0.2, 0) is 11.3 Å². The number of aliphatic carboxylic acids is 1. The fourth-order valence-corrected chi connectivity index (χ4v) is 1.77. The van der Waals surface area contributed by atoms with E-state index in [4.69, 9.17) is 9.52 Å². The van der Waals surface area contributed by atoms with Gasteiger partial charge in [0, 0.05) is 19.0 Å². The summed E-state index contributed by atoms with van der Waals surface area (Å²) in [5.41, 5.74) is 0.370. The van der Waals surface area contributed by atoms with Crippen molar-refractivity contribution in [1.82, 2.24) is 4.57 Å². The number of non-ortho nitro benzene ring substituents is 1. The highest BCUT2D eigenvalue weighted by atomic mass is 16.6. The van der Waals surface area contributed by atoms with Gasteiger partial charge < -0.3 is 9.52 Å². The van der Waals surface area contributed by atoms with Gasteiger partial charge in [0.2, 0.25) is 0 Å². The predicted molar refractivity (Wildman–Crippen MR) is 64.0 cm³/mol. The van der Waals surface area contributed by atoms with Crippen LogP contribution in [-0.4, -0.2) is 20.6 Å². The van der Waals surface area contributed by atoms with Gasteiger partial charge in [-0.3, -0.25) is 19.5 Å². The minimum atomic E-state index is -0.948. The molecule has 1 aromatic carbocycles. The van der Waals surface area contributed by atoms with Crippen molar-refractivity contribution in [1.29, 1.82) is 0 Å². The Hall–Kier alpha value is -2.64. The quantitative estimate of drug-likeness (QED) is 0.645. The molecule has 0 radical (unpaired) electrons. The maximum absolute atomic E-state index is 11.6. The van der Waals surface area contributed by atoms with E-state index in [1.807, 2.05) is 0 Å². The number of rotatable bonds is 5. The number of nitrogens with zero attached hydrogens (tertiary/aromatic N) is 2. The van der Waals surface area contributed by atoms with E-state index in [2.05, 4.69) is 0 Å². The molecule has 1 heterocycles. The smallest absolute Gasteiger partial charge is 0.419 e. The first-order valence-electron chi connectivity index (χ1n) is 5.48. The number of aryl methyl sites for hydroxylation is 1. The Kier molecular flexibility index (Phi) is 3.32. The van der Waals surface area contributed by atoms with Crippen LogP contribution in [0.15, 0.2) is 27.4 Å². The third-order valence-electron chi connectivity index (χ3n) is 2.64. The summed E-state index contributed by atoms with van der Waals surface area (Å²) in [6.45, 7) is 0.190. The van der Waals surface area contributed by atoms with Gasteiger partial charge in [-0.1, -0.05) is 0 Å². The number of carboxylic acids is 1. The molecule has 1 N–H and O–H groups in total. The van der Waals surface area contributed by atoms with E-state index >= 15 is 0 Å². The normalized spacial score (nSPS) is 10.7. The second-order valence-corrected chi connectivity index (χ2v) is 3.93. The second kappa shape index (κ2) is 4.92. The van der Waals surface area contributed by atoms with Gasteiger partial charge in [-0.25, -0.2) is 4.79 Å². The topological polar surface area (TPSA) is 116 Å². The van der Waals surface area contributed by atoms with Crippen LogP contribution in [0.2, 0.25) is 0 Å². The van der Waals surface area contributed by atoms with Gasteiger partial charge in [0.25, 0.3) is 5.69 Å². The number of aromatic nitrogens is 1. The lowest BCUT2D eigenvalue weighted by atomic mass is 10.2. The lowest BCUT2D eigenvalue weighted by Crippen LogP contribution is -2.14. The number of fused-ring (bicyclic) bond motifs is 1. The van der Waals surface area contributed by atoms with Crippen molar-refractivity contribution in [2.45, 2.75) is 19.4 Å². The summed E-state index contributed by atoms with van der Waals surface area (Å²) in [7, 11) is 0. The summed E-state index contributed by atoms with van der Waals surface area (Å²) in [5, 5.41) is 19.1. The van der Waals surface area contributed by atoms with Gasteiger partial charge in [-0.05, 0) is 12.5 Å². The molecule has 8 heteroatoms. The number of carboxylic acid groups (broad SMARTS) is 1. The van der Waals surface area contributed by atoms with Crippen LogP contribution in [0.4, 0.5) is 5.69 Å². The molecule has 0 aliphatic carbocycles. The van der Waals surface area contributed by atoms with E-state index in [9.17, 15) is 19.7 Å². The maximum atomic E-state index is 11.6. The van der Waals surface area contributed by atoms with E-state index in [1.54, 1.807) is 0 Å². The lowest BCUT2D eigenvalue weighted by molar-refractivity contribution is -0.384. The van der Waals surface area contributed by atoms with Gasteiger partial charge in [-0.15, -0.1) is 0 Å². The summed E-state index contributed by atoms with van der Waals surface area (Å²) in [6, 6.07) is 3.86. The zero-order valence-electron chi connectivity index (χ0n) is 9.74. The fourth-order valence-electron chi connectivity index (χ4n) is 1.77. The van der Waals surface area contributed by atoms with Crippen LogP contribution < -0.4 is 5.76 Å². The molecule has 0 spiro atoms. The van der Waals surface area contributed by atoms with E-state index in [1.165, 1.54) is 22.8 Å².